The van der Waals surface area contributed by atoms with Crippen LogP contribution in [0.3, 0.4) is 0 Å². The van der Waals surface area contributed by atoms with Crippen LogP contribution in [0, 0.1) is 12.8 Å². The molecule has 0 spiro atoms. The number of thiophene rings is 1. The first-order chi connectivity index (χ1) is 12.0. The van der Waals surface area contributed by atoms with Gasteiger partial charge in [-0.25, -0.2) is 9.97 Å². The van der Waals surface area contributed by atoms with Gasteiger partial charge in [0.05, 0.1) is 12.0 Å². The van der Waals surface area contributed by atoms with Crippen LogP contribution < -0.4 is 0 Å². The van der Waals surface area contributed by atoms with Crippen molar-refractivity contribution in [2.75, 3.05) is 20.2 Å². The third-order valence-corrected chi connectivity index (χ3v) is 6.05. The zero-order chi connectivity index (χ0) is 17.7. The highest BCUT2D eigenvalue weighted by Crippen LogP contribution is 2.38. The molecule has 4 rings (SSSR count). The number of aliphatic hydroxyl groups is 1. The lowest BCUT2D eigenvalue weighted by molar-refractivity contribution is 0.0755. The number of aromatic nitrogens is 4. The highest BCUT2D eigenvalue weighted by atomic mass is 32.1. The number of hydrogen-bond donors (Lipinski definition) is 1. The summed E-state index contributed by atoms with van der Waals surface area (Å²) in [5, 5.41) is 14.5. The van der Waals surface area contributed by atoms with Crippen LogP contribution >= 0.6 is 11.3 Å². The molecule has 132 valence electrons. The van der Waals surface area contributed by atoms with Crippen molar-refractivity contribution in [2.45, 2.75) is 33.1 Å². The summed E-state index contributed by atoms with van der Waals surface area (Å²) in [6.07, 6.45) is 3.32. The van der Waals surface area contributed by atoms with Gasteiger partial charge in [-0.3, -0.25) is 4.79 Å². The van der Waals surface area contributed by atoms with Crippen molar-refractivity contribution in [2.24, 2.45) is 5.92 Å². The molecular weight excluding hydrogens is 338 g/mol. The normalized spacial score (nSPS) is 17.2. The highest BCUT2D eigenvalue weighted by Gasteiger charge is 2.26. The fourth-order valence-electron chi connectivity index (χ4n) is 3.46. The molecule has 1 aliphatic carbocycles. The average molecular weight is 359 g/mol. The molecule has 1 unspecified atom stereocenters. The SMILES string of the molecule is Cc1nc2sc3c(c2c2nc(C(=O)N(C)CCO)nn12)CC(C)CC3. The Labute approximate surface area is 149 Å². The second-order valence-corrected chi connectivity index (χ2v) is 7.90. The molecule has 3 aromatic rings. The lowest BCUT2D eigenvalue weighted by Crippen LogP contribution is -2.30. The van der Waals surface area contributed by atoms with E-state index in [1.54, 1.807) is 22.9 Å². The van der Waals surface area contributed by atoms with E-state index in [1.165, 1.54) is 21.8 Å². The van der Waals surface area contributed by atoms with E-state index in [0.29, 0.717) is 5.92 Å². The van der Waals surface area contributed by atoms with Crippen LogP contribution in [0.1, 0.15) is 40.2 Å². The second kappa shape index (κ2) is 6.03. The maximum Gasteiger partial charge on any atom is 0.293 e. The van der Waals surface area contributed by atoms with Crippen molar-refractivity contribution < 1.29 is 9.90 Å². The average Bonchev–Trinajstić information content (AvgIpc) is 3.15. The van der Waals surface area contributed by atoms with Gasteiger partial charge in [-0.05, 0) is 37.7 Å². The molecule has 3 aromatic heterocycles. The van der Waals surface area contributed by atoms with Crippen molar-refractivity contribution in [1.29, 1.82) is 0 Å². The molecular formula is C17H21N5O2S. The van der Waals surface area contributed by atoms with Crippen LogP contribution in [-0.4, -0.2) is 55.7 Å². The first kappa shape index (κ1) is 16.4. The molecule has 0 aromatic carbocycles. The van der Waals surface area contributed by atoms with Gasteiger partial charge in [-0.2, -0.15) is 4.52 Å². The quantitative estimate of drug-likeness (QED) is 0.771. The van der Waals surface area contributed by atoms with Crippen LogP contribution in [0.25, 0.3) is 15.9 Å². The number of aliphatic hydroxyl groups excluding tert-OH is 1. The number of rotatable bonds is 3. The summed E-state index contributed by atoms with van der Waals surface area (Å²) in [4.78, 5) is 25.6. The smallest absolute Gasteiger partial charge is 0.293 e. The first-order valence-electron chi connectivity index (χ1n) is 8.53. The summed E-state index contributed by atoms with van der Waals surface area (Å²) in [7, 11) is 1.64. The van der Waals surface area contributed by atoms with Gasteiger partial charge in [0.2, 0.25) is 5.82 Å². The van der Waals surface area contributed by atoms with E-state index in [-0.39, 0.29) is 24.9 Å². The summed E-state index contributed by atoms with van der Waals surface area (Å²) in [5.41, 5.74) is 2.04. The number of hydrogen-bond acceptors (Lipinski definition) is 6. The highest BCUT2D eigenvalue weighted by molar-refractivity contribution is 7.19. The minimum absolute atomic E-state index is 0.0869. The Morgan fingerprint density at radius 1 is 1.44 bits per heavy atom. The van der Waals surface area contributed by atoms with Crippen LogP contribution in [0.2, 0.25) is 0 Å². The Hall–Kier alpha value is -2.06. The number of carbonyl (C=O) groups is 1. The van der Waals surface area contributed by atoms with Crippen molar-refractivity contribution in [3.05, 3.63) is 22.1 Å². The van der Waals surface area contributed by atoms with Gasteiger partial charge in [0, 0.05) is 18.5 Å². The Balaban J connectivity index is 1.91. The zero-order valence-corrected chi connectivity index (χ0v) is 15.4. The molecule has 0 fully saturated rings. The van der Waals surface area contributed by atoms with Gasteiger partial charge in [-0.15, -0.1) is 16.4 Å². The molecule has 1 amide bonds. The molecule has 7 nitrogen and oxygen atoms in total. The third kappa shape index (κ3) is 2.60. The van der Waals surface area contributed by atoms with E-state index >= 15 is 0 Å². The fourth-order valence-corrected chi connectivity index (χ4v) is 4.72. The van der Waals surface area contributed by atoms with E-state index < -0.39 is 0 Å². The van der Waals surface area contributed by atoms with Crippen molar-refractivity contribution in [1.82, 2.24) is 24.5 Å². The third-order valence-electron chi connectivity index (χ3n) is 4.86. The molecule has 0 radical (unpaired) electrons. The molecule has 0 saturated carbocycles. The zero-order valence-electron chi connectivity index (χ0n) is 14.6. The molecule has 3 heterocycles. The van der Waals surface area contributed by atoms with E-state index in [2.05, 4.69) is 17.0 Å². The van der Waals surface area contributed by atoms with Crippen LogP contribution in [0.5, 0.6) is 0 Å². The second-order valence-electron chi connectivity index (χ2n) is 6.81. The first-order valence-corrected chi connectivity index (χ1v) is 9.35. The summed E-state index contributed by atoms with van der Waals surface area (Å²) in [6, 6.07) is 0. The predicted octanol–water partition coefficient (Wildman–Crippen LogP) is 1.84. The molecule has 0 aliphatic heterocycles. The summed E-state index contributed by atoms with van der Waals surface area (Å²) in [6.45, 7) is 4.32. The topological polar surface area (TPSA) is 83.6 Å². The molecule has 0 bridgehead atoms. The molecule has 25 heavy (non-hydrogen) atoms. The summed E-state index contributed by atoms with van der Waals surface area (Å²) < 4.78 is 1.68. The lowest BCUT2D eigenvalue weighted by Gasteiger charge is -2.17. The largest absolute Gasteiger partial charge is 0.395 e. The van der Waals surface area contributed by atoms with E-state index in [9.17, 15) is 4.79 Å². The maximum atomic E-state index is 12.5. The van der Waals surface area contributed by atoms with Gasteiger partial charge in [-0.1, -0.05) is 6.92 Å². The van der Waals surface area contributed by atoms with Gasteiger partial charge < -0.3 is 10.0 Å². The Bertz CT molecular complexity index is 977. The molecule has 1 N–H and O–H groups in total. The van der Waals surface area contributed by atoms with Crippen molar-refractivity contribution in [3.8, 4) is 0 Å². The predicted molar refractivity (Wildman–Crippen MR) is 96.1 cm³/mol. The van der Waals surface area contributed by atoms with Gasteiger partial charge >= 0.3 is 0 Å². The lowest BCUT2D eigenvalue weighted by atomic mass is 9.89. The minimum atomic E-state index is -0.289. The maximum absolute atomic E-state index is 12.5. The Morgan fingerprint density at radius 3 is 3.00 bits per heavy atom. The summed E-state index contributed by atoms with van der Waals surface area (Å²) >= 11 is 1.74. The number of aryl methyl sites for hydroxylation is 2. The van der Waals surface area contributed by atoms with Gasteiger partial charge in [0.15, 0.2) is 5.65 Å². The number of likely N-dealkylation sites (N-methyl/N-ethyl adjacent to an activating group) is 1. The van der Waals surface area contributed by atoms with Crippen LogP contribution in [0.15, 0.2) is 0 Å². The molecule has 8 heteroatoms. The van der Waals surface area contributed by atoms with Gasteiger partial charge in [0.1, 0.15) is 10.7 Å². The van der Waals surface area contributed by atoms with E-state index in [4.69, 9.17) is 10.1 Å². The monoisotopic (exact) mass is 359 g/mol. The molecule has 1 aliphatic rings. The minimum Gasteiger partial charge on any atom is -0.395 e. The Kier molecular flexibility index (Phi) is 3.96. The summed E-state index contributed by atoms with van der Waals surface area (Å²) in [5.74, 6) is 1.23. The standard InChI is InChI=1S/C17H21N5O2S/c1-9-4-5-12-11(8-9)13-15-19-14(17(24)21(3)6-7-23)20-22(15)10(2)18-16(13)25-12/h9,23H,4-8H2,1-3H3. The Morgan fingerprint density at radius 2 is 2.24 bits per heavy atom. The number of carbonyl (C=O) groups excluding carboxylic acids is 1. The van der Waals surface area contributed by atoms with E-state index in [0.717, 1.165) is 34.5 Å². The molecule has 1 atom stereocenters. The van der Waals surface area contributed by atoms with Crippen LogP contribution in [-0.2, 0) is 12.8 Å². The van der Waals surface area contributed by atoms with Gasteiger partial charge in [0.25, 0.3) is 5.91 Å². The number of fused-ring (bicyclic) bond motifs is 5. The number of amides is 1. The van der Waals surface area contributed by atoms with E-state index in [1.807, 2.05) is 6.92 Å². The van der Waals surface area contributed by atoms with Crippen molar-refractivity contribution >= 4 is 33.1 Å². The fraction of sp³-hybridized carbons (Fsp3) is 0.529. The van der Waals surface area contributed by atoms with Crippen molar-refractivity contribution in [3.63, 3.8) is 0 Å². The molecule has 0 saturated heterocycles. The number of nitrogens with zero attached hydrogens (tertiary/aromatic N) is 5. The van der Waals surface area contributed by atoms with Crippen LogP contribution in [0.4, 0.5) is 0 Å².